The maximum atomic E-state index is 12.9. The van der Waals surface area contributed by atoms with Gasteiger partial charge in [0.1, 0.15) is 12.4 Å². The Balaban J connectivity index is 1.93. The minimum Gasteiger partial charge on any atom is -0.355 e. The lowest BCUT2D eigenvalue weighted by atomic mass is 10.1. The predicted molar refractivity (Wildman–Crippen MR) is 104 cm³/mol. The predicted octanol–water partition coefficient (Wildman–Crippen LogP) is 2.19. The van der Waals surface area contributed by atoms with Crippen LogP contribution in [-0.2, 0) is 21.4 Å². The lowest BCUT2D eigenvalue weighted by molar-refractivity contribution is -0.119. The van der Waals surface area contributed by atoms with Crippen molar-refractivity contribution in [2.75, 3.05) is 31.5 Å². The largest absolute Gasteiger partial charge is 0.355 e. The Kier molecular flexibility index (Phi) is 7.32. The maximum absolute atomic E-state index is 12.9. The molecule has 0 fully saturated rings. The number of halogens is 1. The third-order valence-corrected chi connectivity index (χ3v) is 5.77. The van der Waals surface area contributed by atoms with Gasteiger partial charge in [0.15, 0.2) is 0 Å². The van der Waals surface area contributed by atoms with E-state index >= 15 is 0 Å². The van der Waals surface area contributed by atoms with E-state index in [-0.39, 0.29) is 18.3 Å². The number of rotatable bonds is 9. The molecule has 0 saturated carbocycles. The number of nitrogens with zero attached hydrogens (tertiary/aromatic N) is 2. The maximum Gasteiger partial charge on any atom is 0.304 e. The van der Waals surface area contributed by atoms with Crippen molar-refractivity contribution in [3.05, 3.63) is 66.0 Å². The van der Waals surface area contributed by atoms with Gasteiger partial charge < -0.3 is 5.32 Å². The fourth-order valence-electron chi connectivity index (χ4n) is 2.46. The molecule has 27 heavy (non-hydrogen) atoms. The summed E-state index contributed by atoms with van der Waals surface area (Å²) in [5.74, 6) is -0.668. The average molecular weight is 393 g/mol. The lowest BCUT2D eigenvalue weighted by Crippen LogP contribution is -2.46. The summed E-state index contributed by atoms with van der Waals surface area (Å²) in [7, 11) is -0.949. The second-order valence-corrected chi connectivity index (χ2v) is 8.28. The first-order valence-corrected chi connectivity index (χ1v) is 9.97. The van der Waals surface area contributed by atoms with Crippen LogP contribution in [0.2, 0.25) is 0 Å². The summed E-state index contributed by atoms with van der Waals surface area (Å²) in [6, 6.07) is 14.7. The summed E-state index contributed by atoms with van der Waals surface area (Å²) < 4.78 is 40.1. The lowest BCUT2D eigenvalue weighted by Gasteiger charge is -2.26. The molecule has 1 N–H and O–H groups in total. The molecule has 1 amide bonds. The Morgan fingerprint density at radius 2 is 1.67 bits per heavy atom. The fourth-order valence-corrected chi connectivity index (χ4v) is 3.52. The van der Waals surface area contributed by atoms with Crippen molar-refractivity contribution in [1.82, 2.24) is 9.62 Å². The van der Waals surface area contributed by atoms with Crippen molar-refractivity contribution in [3.8, 4) is 0 Å². The molecule has 2 rings (SSSR count). The molecule has 2 aromatic carbocycles. The monoisotopic (exact) mass is 393 g/mol. The van der Waals surface area contributed by atoms with Gasteiger partial charge in [-0.15, -0.1) is 0 Å². The van der Waals surface area contributed by atoms with E-state index < -0.39 is 10.2 Å². The Labute approximate surface area is 159 Å². The van der Waals surface area contributed by atoms with E-state index in [0.29, 0.717) is 25.1 Å². The van der Waals surface area contributed by atoms with Gasteiger partial charge in [0.05, 0.1) is 5.69 Å². The topological polar surface area (TPSA) is 69.7 Å². The molecule has 0 aliphatic carbocycles. The number of anilines is 1. The van der Waals surface area contributed by atoms with Crippen molar-refractivity contribution in [2.45, 2.75) is 12.8 Å². The van der Waals surface area contributed by atoms with Crippen LogP contribution in [-0.4, -0.2) is 45.8 Å². The highest BCUT2D eigenvalue weighted by Crippen LogP contribution is 2.18. The number of benzene rings is 2. The second-order valence-electron chi connectivity index (χ2n) is 6.21. The summed E-state index contributed by atoms with van der Waals surface area (Å²) in [4.78, 5) is 12.3. The highest BCUT2D eigenvalue weighted by Gasteiger charge is 2.26. The first-order chi connectivity index (χ1) is 12.8. The van der Waals surface area contributed by atoms with Gasteiger partial charge in [-0.1, -0.05) is 30.3 Å². The quantitative estimate of drug-likeness (QED) is 0.664. The van der Waals surface area contributed by atoms with E-state index in [1.807, 2.05) is 0 Å². The number of para-hydroxylation sites is 1. The molecular formula is C19H24FN3O3S. The summed E-state index contributed by atoms with van der Waals surface area (Å²) in [5, 5.41) is 2.74. The molecular weight excluding hydrogens is 369 g/mol. The summed E-state index contributed by atoms with van der Waals surface area (Å²) in [5.41, 5.74) is 1.40. The van der Waals surface area contributed by atoms with Gasteiger partial charge in [0.2, 0.25) is 5.91 Å². The normalized spacial score (nSPS) is 11.4. The zero-order valence-electron chi connectivity index (χ0n) is 15.4. The highest BCUT2D eigenvalue weighted by atomic mass is 32.2. The van der Waals surface area contributed by atoms with Crippen LogP contribution in [0.1, 0.15) is 12.0 Å². The number of nitrogens with one attached hydrogen (secondary N) is 1. The first-order valence-electron chi connectivity index (χ1n) is 8.57. The van der Waals surface area contributed by atoms with Gasteiger partial charge >= 0.3 is 10.2 Å². The SMILES string of the molecule is CN(C)S(=O)(=O)N(CC(=O)NCCCc1ccc(F)cc1)c1ccccc1. The Hall–Kier alpha value is -2.45. The molecule has 0 bridgehead atoms. The number of hydrogen-bond acceptors (Lipinski definition) is 3. The molecule has 6 nitrogen and oxygen atoms in total. The first kappa shape index (κ1) is 20.9. The van der Waals surface area contributed by atoms with Crippen molar-refractivity contribution in [3.63, 3.8) is 0 Å². The third-order valence-electron chi connectivity index (χ3n) is 3.95. The molecule has 0 aromatic heterocycles. The van der Waals surface area contributed by atoms with Crippen molar-refractivity contribution < 1.29 is 17.6 Å². The molecule has 0 heterocycles. The van der Waals surface area contributed by atoms with Crippen molar-refractivity contribution in [1.29, 1.82) is 0 Å². The Morgan fingerprint density at radius 3 is 2.26 bits per heavy atom. The van der Waals surface area contributed by atoms with E-state index in [2.05, 4.69) is 5.32 Å². The zero-order chi connectivity index (χ0) is 19.9. The van der Waals surface area contributed by atoms with Crippen LogP contribution < -0.4 is 9.62 Å². The highest BCUT2D eigenvalue weighted by molar-refractivity contribution is 7.90. The van der Waals surface area contributed by atoms with Crippen LogP contribution in [0.3, 0.4) is 0 Å². The van der Waals surface area contributed by atoms with E-state index in [9.17, 15) is 17.6 Å². The summed E-state index contributed by atoms with van der Waals surface area (Å²) >= 11 is 0. The average Bonchev–Trinajstić information content (AvgIpc) is 2.65. The number of carbonyl (C=O) groups is 1. The van der Waals surface area contributed by atoms with Crippen LogP contribution in [0.4, 0.5) is 10.1 Å². The van der Waals surface area contributed by atoms with Crippen LogP contribution in [0.15, 0.2) is 54.6 Å². The van der Waals surface area contributed by atoms with Crippen LogP contribution >= 0.6 is 0 Å². The molecule has 0 radical (unpaired) electrons. The van der Waals surface area contributed by atoms with E-state index in [4.69, 9.17) is 0 Å². The second kappa shape index (κ2) is 9.48. The molecule has 2 aromatic rings. The number of hydrogen-bond donors (Lipinski definition) is 1. The molecule has 0 aliphatic rings. The smallest absolute Gasteiger partial charge is 0.304 e. The Morgan fingerprint density at radius 1 is 1.04 bits per heavy atom. The van der Waals surface area contributed by atoms with E-state index in [1.54, 1.807) is 42.5 Å². The molecule has 0 atom stereocenters. The molecule has 0 spiro atoms. The van der Waals surface area contributed by atoms with E-state index in [0.717, 1.165) is 14.2 Å². The third kappa shape index (κ3) is 6.04. The number of carbonyl (C=O) groups excluding carboxylic acids is 1. The van der Waals surface area contributed by atoms with Gasteiger partial charge in [-0.3, -0.25) is 4.79 Å². The summed E-state index contributed by atoms with van der Waals surface area (Å²) in [6.45, 7) is 0.0991. The molecule has 0 saturated heterocycles. The standard InChI is InChI=1S/C19H24FN3O3S/c1-22(2)27(25,26)23(18-8-4-3-5-9-18)15-19(24)21-14-6-7-16-10-12-17(20)13-11-16/h3-5,8-13H,6-7,14-15H2,1-2H3,(H,21,24). The van der Waals surface area contributed by atoms with Crippen LogP contribution in [0.5, 0.6) is 0 Å². The number of amides is 1. The Bertz CT molecular complexity index is 840. The molecule has 146 valence electrons. The zero-order valence-corrected chi connectivity index (χ0v) is 16.2. The molecule has 0 unspecified atom stereocenters. The minimum atomic E-state index is -3.79. The van der Waals surface area contributed by atoms with E-state index in [1.165, 1.54) is 26.2 Å². The van der Waals surface area contributed by atoms with Gasteiger partial charge in [-0.2, -0.15) is 12.7 Å². The number of aryl methyl sites for hydroxylation is 1. The fraction of sp³-hybridized carbons (Fsp3) is 0.316. The molecule has 8 heteroatoms. The van der Waals surface area contributed by atoms with Gasteiger partial charge in [-0.05, 0) is 42.7 Å². The van der Waals surface area contributed by atoms with Gasteiger partial charge in [0, 0.05) is 20.6 Å². The van der Waals surface area contributed by atoms with Crippen molar-refractivity contribution >= 4 is 21.8 Å². The van der Waals surface area contributed by atoms with Crippen molar-refractivity contribution in [2.24, 2.45) is 0 Å². The van der Waals surface area contributed by atoms with Crippen LogP contribution in [0.25, 0.3) is 0 Å². The molecule has 0 aliphatic heterocycles. The van der Waals surface area contributed by atoms with Gasteiger partial charge in [-0.25, -0.2) is 8.70 Å². The van der Waals surface area contributed by atoms with Gasteiger partial charge in [0.25, 0.3) is 0 Å². The summed E-state index contributed by atoms with van der Waals surface area (Å²) in [6.07, 6.45) is 1.36. The minimum absolute atomic E-state index is 0.282. The van der Waals surface area contributed by atoms with Crippen LogP contribution in [0, 0.1) is 5.82 Å².